The first kappa shape index (κ1) is 22.7. The van der Waals surface area contributed by atoms with Gasteiger partial charge in [-0.15, -0.1) is 0 Å². The van der Waals surface area contributed by atoms with Crippen LogP contribution in [0.1, 0.15) is 89.4 Å². The molecule has 1 amide bonds. The van der Waals surface area contributed by atoms with Gasteiger partial charge >= 0.3 is 0 Å². The van der Waals surface area contributed by atoms with Crippen LogP contribution in [0.15, 0.2) is 24.3 Å². The third-order valence-electron chi connectivity index (χ3n) is 5.40. The van der Waals surface area contributed by atoms with E-state index in [4.69, 9.17) is 0 Å². The van der Waals surface area contributed by atoms with Crippen LogP contribution in [0.3, 0.4) is 0 Å². The first-order chi connectivity index (χ1) is 12.5. The van der Waals surface area contributed by atoms with Crippen molar-refractivity contribution in [3.8, 4) is 0 Å². The van der Waals surface area contributed by atoms with Crippen LogP contribution in [-0.2, 0) is 0 Å². The molecule has 1 aromatic rings. The monoisotopic (exact) mass is 363 g/mol. The summed E-state index contributed by atoms with van der Waals surface area (Å²) in [5.41, 5.74) is 0.473. The van der Waals surface area contributed by atoms with Gasteiger partial charge in [-0.25, -0.2) is 4.39 Å². The van der Waals surface area contributed by atoms with Crippen molar-refractivity contribution in [3.05, 3.63) is 35.6 Å². The second-order valence-corrected chi connectivity index (χ2v) is 7.55. The molecule has 0 aliphatic rings. The minimum Gasteiger partial charge on any atom is -0.338 e. The molecular weight excluding hydrogens is 325 g/mol. The molecule has 1 rings (SSSR count). The Labute approximate surface area is 160 Å². The smallest absolute Gasteiger partial charge is 0.253 e. The molecule has 0 fully saturated rings. The van der Waals surface area contributed by atoms with Crippen molar-refractivity contribution in [2.75, 3.05) is 13.1 Å². The summed E-state index contributed by atoms with van der Waals surface area (Å²) >= 11 is 0. The van der Waals surface area contributed by atoms with Crippen LogP contribution in [0.25, 0.3) is 0 Å². The van der Waals surface area contributed by atoms with Crippen LogP contribution in [0.5, 0.6) is 0 Å². The Morgan fingerprint density at radius 2 is 1.50 bits per heavy atom. The third kappa shape index (κ3) is 7.88. The van der Waals surface area contributed by atoms with E-state index in [1.165, 1.54) is 37.8 Å². The summed E-state index contributed by atoms with van der Waals surface area (Å²) in [6, 6.07) is 6.13. The molecule has 0 aliphatic heterocycles. The van der Waals surface area contributed by atoms with Gasteiger partial charge in [-0.2, -0.15) is 0 Å². The number of benzene rings is 1. The molecule has 0 aromatic heterocycles. The zero-order chi connectivity index (χ0) is 19.4. The maximum Gasteiger partial charge on any atom is 0.253 e. The van der Waals surface area contributed by atoms with Gasteiger partial charge in [0.1, 0.15) is 5.82 Å². The first-order valence-corrected chi connectivity index (χ1v) is 10.6. The number of amides is 1. The van der Waals surface area contributed by atoms with E-state index in [1.54, 1.807) is 12.1 Å². The van der Waals surface area contributed by atoms with Gasteiger partial charge in [-0.1, -0.05) is 72.3 Å². The fraction of sp³-hybridized carbons (Fsp3) is 0.696. The third-order valence-corrected chi connectivity index (χ3v) is 5.40. The Morgan fingerprint density at radius 3 is 1.92 bits per heavy atom. The Hall–Kier alpha value is -1.38. The van der Waals surface area contributed by atoms with E-state index in [2.05, 4.69) is 27.7 Å². The predicted octanol–water partition coefficient (Wildman–Crippen LogP) is 6.70. The zero-order valence-corrected chi connectivity index (χ0v) is 17.3. The summed E-state index contributed by atoms with van der Waals surface area (Å²) in [6.07, 6.45) is 9.25. The van der Waals surface area contributed by atoms with E-state index in [-0.39, 0.29) is 11.7 Å². The Bertz CT molecular complexity index is 499. The van der Waals surface area contributed by atoms with E-state index in [1.807, 2.05) is 4.90 Å². The minimum absolute atomic E-state index is 0.0191. The molecule has 26 heavy (non-hydrogen) atoms. The lowest BCUT2D eigenvalue weighted by atomic mass is 9.95. The molecule has 2 atom stereocenters. The molecule has 0 bridgehead atoms. The summed E-state index contributed by atoms with van der Waals surface area (Å²) in [6.45, 7) is 10.4. The molecule has 2 unspecified atom stereocenters. The van der Waals surface area contributed by atoms with E-state index in [0.29, 0.717) is 17.4 Å². The van der Waals surface area contributed by atoms with Gasteiger partial charge < -0.3 is 4.90 Å². The molecule has 0 saturated carbocycles. The SMILES string of the molecule is CCCCC(CC)CN(CC(CC)CCCC)C(=O)c1cccc(F)c1. The summed E-state index contributed by atoms with van der Waals surface area (Å²) in [7, 11) is 0. The molecule has 0 aliphatic carbocycles. The lowest BCUT2D eigenvalue weighted by Crippen LogP contribution is -2.39. The summed E-state index contributed by atoms with van der Waals surface area (Å²) in [4.78, 5) is 15.1. The first-order valence-electron chi connectivity index (χ1n) is 10.6. The van der Waals surface area contributed by atoms with Crippen molar-refractivity contribution in [2.24, 2.45) is 11.8 Å². The van der Waals surface area contributed by atoms with Gasteiger partial charge in [0.25, 0.3) is 5.91 Å². The number of hydrogen-bond donors (Lipinski definition) is 0. The maximum atomic E-state index is 13.6. The molecular formula is C23H38FNO. The fourth-order valence-corrected chi connectivity index (χ4v) is 3.50. The zero-order valence-electron chi connectivity index (χ0n) is 17.3. The number of carbonyl (C=O) groups excluding carboxylic acids is 1. The van der Waals surface area contributed by atoms with Crippen molar-refractivity contribution >= 4 is 5.91 Å². The van der Waals surface area contributed by atoms with Gasteiger partial charge in [0.15, 0.2) is 0 Å². The standard InChI is InChI=1S/C23H38FNO/c1-5-9-12-19(7-3)17-25(18-20(8-4)13-10-6-2)23(26)21-14-11-15-22(24)16-21/h11,14-16,19-20H,5-10,12-13,17-18H2,1-4H3. The van der Waals surface area contributed by atoms with Crippen LogP contribution in [0, 0.1) is 17.7 Å². The van der Waals surface area contributed by atoms with E-state index >= 15 is 0 Å². The summed E-state index contributed by atoms with van der Waals surface area (Å²) in [5, 5.41) is 0. The van der Waals surface area contributed by atoms with Crippen molar-refractivity contribution < 1.29 is 9.18 Å². The average Bonchev–Trinajstić information content (AvgIpc) is 2.66. The van der Waals surface area contributed by atoms with Crippen LogP contribution >= 0.6 is 0 Å². The number of rotatable bonds is 13. The number of carbonyl (C=O) groups is 1. The molecule has 0 spiro atoms. The van der Waals surface area contributed by atoms with Crippen molar-refractivity contribution in [2.45, 2.75) is 79.1 Å². The molecule has 148 valence electrons. The van der Waals surface area contributed by atoms with Crippen LogP contribution in [0.2, 0.25) is 0 Å². The Morgan fingerprint density at radius 1 is 0.962 bits per heavy atom. The summed E-state index contributed by atoms with van der Waals surface area (Å²) < 4.78 is 13.6. The van der Waals surface area contributed by atoms with Gasteiger partial charge in [0.2, 0.25) is 0 Å². The second kappa shape index (κ2) is 12.9. The van der Waals surface area contributed by atoms with E-state index < -0.39 is 0 Å². The Balaban J connectivity index is 2.93. The van der Waals surface area contributed by atoms with Crippen molar-refractivity contribution in [3.63, 3.8) is 0 Å². The number of unbranched alkanes of at least 4 members (excludes halogenated alkanes) is 2. The molecule has 0 saturated heterocycles. The Kier molecular flexibility index (Phi) is 11.2. The summed E-state index contributed by atoms with van der Waals surface area (Å²) in [5.74, 6) is 0.688. The van der Waals surface area contributed by atoms with Gasteiger partial charge in [0.05, 0.1) is 0 Å². The number of hydrogen-bond acceptors (Lipinski definition) is 1. The van der Waals surface area contributed by atoms with Gasteiger partial charge in [0, 0.05) is 18.7 Å². The van der Waals surface area contributed by atoms with Crippen LogP contribution in [0.4, 0.5) is 4.39 Å². The van der Waals surface area contributed by atoms with Crippen LogP contribution in [-0.4, -0.2) is 23.9 Å². The highest BCUT2D eigenvalue weighted by atomic mass is 19.1. The molecule has 2 nitrogen and oxygen atoms in total. The molecule has 1 aromatic carbocycles. The maximum absolute atomic E-state index is 13.6. The highest BCUT2D eigenvalue weighted by molar-refractivity contribution is 5.94. The molecule has 0 N–H and O–H groups in total. The topological polar surface area (TPSA) is 20.3 Å². The number of nitrogens with zero attached hydrogens (tertiary/aromatic N) is 1. The second-order valence-electron chi connectivity index (χ2n) is 7.55. The minimum atomic E-state index is -0.341. The molecule has 3 heteroatoms. The number of halogens is 1. The van der Waals surface area contributed by atoms with E-state index in [9.17, 15) is 9.18 Å². The lowest BCUT2D eigenvalue weighted by Gasteiger charge is -2.31. The highest BCUT2D eigenvalue weighted by Gasteiger charge is 2.22. The van der Waals surface area contributed by atoms with Gasteiger partial charge in [-0.05, 0) is 42.9 Å². The largest absolute Gasteiger partial charge is 0.338 e. The molecule has 0 radical (unpaired) electrons. The molecule has 0 heterocycles. The van der Waals surface area contributed by atoms with E-state index in [0.717, 1.165) is 38.8 Å². The highest BCUT2D eigenvalue weighted by Crippen LogP contribution is 2.21. The van der Waals surface area contributed by atoms with Crippen molar-refractivity contribution in [1.29, 1.82) is 0 Å². The van der Waals surface area contributed by atoms with Crippen molar-refractivity contribution in [1.82, 2.24) is 4.90 Å². The predicted molar refractivity (Wildman–Crippen MR) is 109 cm³/mol. The fourth-order valence-electron chi connectivity index (χ4n) is 3.50. The van der Waals surface area contributed by atoms with Gasteiger partial charge in [-0.3, -0.25) is 4.79 Å². The average molecular weight is 364 g/mol. The normalized spacial score (nSPS) is 13.4. The lowest BCUT2D eigenvalue weighted by molar-refractivity contribution is 0.0684. The van der Waals surface area contributed by atoms with Crippen LogP contribution < -0.4 is 0 Å². The quantitative estimate of drug-likeness (QED) is 0.382.